The van der Waals surface area contributed by atoms with Crippen LogP contribution in [0.2, 0.25) is 0 Å². The Morgan fingerprint density at radius 3 is 2.83 bits per heavy atom. The van der Waals surface area contributed by atoms with Gasteiger partial charge in [-0.3, -0.25) is 9.97 Å². The van der Waals surface area contributed by atoms with Gasteiger partial charge in [0.15, 0.2) is 11.5 Å². The van der Waals surface area contributed by atoms with Gasteiger partial charge in [0.2, 0.25) is 0 Å². The molecule has 0 atom stereocenters. The maximum atomic E-state index is 9.27. The molecule has 1 heterocycles. The highest BCUT2D eigenvalue weighted by Gasteiger charge is 2.10. The minimum atomic E-state index is -0.104. The zero-order valence-electron chi connectivity index (χ0n) is 10.0. The molecule has 94 valence electrons. The van der Waals surface area contributed by atoms with E-state index in [4.69, 9.17) is 9.47 Å². The summed E-state index contributed by atoms with van der Waals surface area (Å²) in [6, 6.07) is 5.37. The van der Waals surface area contributed by atoms with E-state index in [2.05, 4.69) is 9.97 Å². The summed E-state index contributed by atoms with van der Waals surface area (Å²) in [4.78, 5) is 8.07. The number of hydrogen-bond acceptors (Lipinski definition) is 5. The van der Waals surface area contributed by atoms with Gasteiger partial charge in [-0.2, -0.15) is 0 Å². The fraction of sp³-hybridized carbons (Fsp3) is 0.231. The fourth-order valence-corrected chi connectivity index (χ4v) is 1.56. The predicted molar refractivity (Wildman–Crippen MR) is 65.3 cm³/mol. The van der Waals surface area contributed by atoms with E-state index in [1.165, 1.54) is 0 Å². The quantitative estimate of drug-likeness (QED) is 0.867. The lowest BCUT2D eigenvalue weighted by Gasteiger charge is -2.13. The van der Waals surface area contributed by atoms with Crippen LogP contribution in [-0.4, -0.2) is 22.2 Å². The molecule has 0 radical (unpaired) electrons. The number of aliphatic hydroxyl groups is 1. The Bertz CT molecular complexity index is 481. The van der Waals surface area contributed by atoms with Crippen molar-refractivity contribution in [1.82, 2.24) is 9.97 Å². The van der Waals surface area contributed by atoms with Gasteiger partial charge in [0.25, 0.3) is 0 Å². The molecule has 0 bridgehead atoms. The maximum Gasteiger partial charge on any atom is 0.167 e. The summed E-state index contributed by atoms with van der Waals surface area (Å²) in [5, 5.41) is 9.27. The van der Waals surface area contributed by atoms with Crippen LogP contribution < -0.4 is 9.47 Å². The third-order valence-corrected chi connectivity index (χ3v) is 2.43. The van der Waals surface area contributed by atoms with Crippen LogP contribution in [0.1, 0.15) is 11.3 Å². The average molecular weight is 246 g/mol. The second kappa shape index (κ2) is 5.97. The Morgan fingerprint density at radius 2 is 2.17 bits per heavy atom. The molecule has 1 aromatic heterocycles. The van der Waals surface area contributed by atoms with Crippen LogP contribution in [0.3, 0.4) is 0 Å². The van der Waals surface area contributed by atoms with Crippen molar-refractivity contribution in [3.05, 3.63) is 48.0 Å². The van der Waals surface area contributed by atoms with Crippen LogP contribution in [0.5, 0.6) is 11.5 Å². The number of para-hydroxylation sites is 1. The molecule has 1 aromatic carbocycles. The summed E-state index contributed by atoms with van der Waals surface area (Å²) < 4.78 is 10.9. The second-order valence-electron chi connectivity index (χ2n) is 3.59. The SMILES string of the molecule is COc1cccc(CO)c1OCc1cnccn1. The van der Waals surface area contributed by atoms with Gasteiger partial charge >= 0.3 is 0 Å². The van der Waals surface area contributed by atoms with E-state index in [1.54, 1.807) is 43.9 Å². The Morgan fingerprint density at radius 1 is 1.28 bits per heavy atom. The molecule has 0 saturated carbocycles. The highest BCUT2D eigenvalue weighted by Crippen LogP contribution is 2.31. The predicted octanol–water partition coefficient (Wildman–Crippen LogP) is 1.56. The Balaban J connectivity index is 2.17. The summed E-state index contributed by atoms with van der Waals surface area (Å²) in [6.07, 6.45) is 4.84. The molecule has 1 N–H and O–H groups in total. The Labute approximate surface area is 105 Å². The number of nitrogens with zero attached hydrogens (tertiary/aromatic N) is 2. The molecule has 0 spiro atoms. The van der Waals surface area contributed by atoms with Gasteiger partial charge < -0.3 is 14.6 Å². The molecule has 0 aliphatic heterocycles. The molecular weight excluding hydrogens is 232 g/mol. The van der Waals surface area contributed by atoms with Crippen LogP contribution in [0, 0.1) is 0 Å². The molecular formula is C13H14N2O3. The molecule has 18 heavy (non-hydrogen) atoms. The van der Waals surface area contributed by atoms with Crippen molar-refractivity contribution in [3.8, 4) is 11.5 Å². The van der Waals surface area contributed by atoms with Crippen molar-refractivity contribution in [2.75, 3.05) is 7.11 Å². The van der Waals surface area contributed by atoms with Crippen LogP contribution >= 0.6 is 0 Å². The van der Waals surface area contributed by atoms with E-state index in [9.17, 15) is 5.11 Å². The van der Waals surface area contributed by atoms with Crippen LogP contribution in [-0.2, 0) is 13.2 Å². The summed E-state index contributed by atoms with van der Waals surface area (Å²) in [5.74, 6) is 1.12. The topological polar surface area (TPSA) is 64.5 Å². The molecule has 0 unspecified atom stereocenters. The van der Waals surface area contributed by atoms with E-state index in [0.29, 0.717) is 22.8 Å². The monoisotopic (exact) mass is 246 g/mol. The van der Waals surface area contributed by atoms with E-state index < -0.39 is 0 Å². The van der Waals surface area contributed by atoms with Gasteiger partial charge in [-0.05, 0) is 6.07 Å². The number of rotatable bonds is 5. The third kappa shape index (κ3) is 2.75. The first-order valence-corrected chi connectivity index (χ1v) is 5.49. The van der Waals surface area contributed by atoms with Crippen molar-refractivity contribution < 1.29 is 14.6 Å². The smallest absolute Gasteiger partial charge is 0.167 e. The standard InChI is InChI=1S/C13H14N2O3/c1-17-12-4-2-3-10(8-16)13(12)18-9-11-7-14-5-6-15-11/h2-7,16H,8-9H2,1H3. The van der Waals surface area contributed by atoms with Crippen molar-refractivity contribution in [2.45, 2.75) is 13.2 Å². The zero-order valence-corrected chi connectivity index (χ0v) is 10.0. The molecule has 5 nitrogen and oxygen atoms in total. The maximum absolute atomic E-state index is 9.27. The molecule has 2 rings (SSSR count). The fourth-order valence-electron chi connectivity index (χ4n) is 1.56. The van der Waals surface area contributed by atoms with Gasteiger partial charge in [-0.25, -0.2) is 0 Å². The molecule has 2 aromatic rings. The molecule has 0 saturated heterocycles. The van der Waals surface area contributed by atoms with Crippen molar-refractivity contribution in [1.29, 1.82) is 0 Å². The number of hydrogen-bond donors (Lipinski definition) is 1. The van der Waals surface area contributed by atoms with Gasteiger partial charge in [-0.15, -0.1) is 0 Å². The molecule has 5 heteroatoms. The number of aliphatic hydroxyl groups excluding tert-OH is 1. The summed E-state index contributed by atoms with van der Waals surface area (Å²) >= 11 is 0. The van der Waals surface area contributed by atoms with Crippen molar-refractivity contribution in [2.24, 2.45) is 0 Å². The molecule has 0 aliphatic rings. The highest BCUT2D eigenvalue weighted by atomic mass is 16.5. The van der Waals surface area contributed by atoms with Crippen molar-refractivity contribution in [3.63, 3.8) is 0 Å². The summed E-state index contributed by atoms with van der Waals surface area (Å²) in [6.45, 7) is 0.175. The first-order valence-electron chi connectivity index (χ1n) is 5.49. The van der Waals surface area contributed by atoms with Gasteiger partial charge in [0.1, 0.15) is 6.61 Å². The average Bonchev–Trinajstić information content (AvgIpc) is 2.45. The van der Waals surface area contributed by atoms with E-state index in [-0.39, 0.29) is 13.2 Å². The molecule has 0 aliphatic carbocycles. The zero-order chi connectivity index (χ0) is 12.8. The number of ether oxygens (including phenoxy) is 2. The first kappa shape index (κ1) is 12.3. The highest BCUT2D eigenvalue weighted by molar-refractivity contribution is 5.46. The number of benzene rings is 1. The normalized spacial score (nSPS) is 10.1. The van der Waals surface area contributed by atoms with Crippen LogP contribution in [0.25, 0.3) is 0 Å². The second-order valence-corrected chi connectivity index (χ2v) is 3.59. The van der Waals surface area contributed by atoms with E-state index in [0.717, 1.165) is 0 Å². The van der Waals surface area contributed by atoms with Gasteiger partial charge in [0, 0.05) is 18.0 Å². The Kier molecular flexibility index (Phi) is 4.09. The lowest BCUT2D eigenvalue weighted by Crippen LogP contribution is -2.02. The minimum absolute atomic E-state index is 0.104. The molecule has 0 amide bonds. The Hall–Kier alpha value is -2.14. The van der Waals surface area contributed by atoms with Gasteiger partial charge in [-0.1, -0.05) is 12.1 Å². The number of methoxy groups -OCH3 is 1. The van der Waals surface area contributed by atoms with Crippen LogP contribution in [0.4, 0.5) is 0 Å². The summed E-state index contributed by atoms with van der Waals surface area (Å²) in [5.41, 5.74) is 1.39. The lowest BCUT2D eigenvalue weighted by atomic mass is 10.2. The summed E-state index contributed by atoms with van der Waals surface area (Å²) in [7, 11) is 1.56. The molecule has 0 fully saturated rings. The van der Waals surface area contributed by atoms with Crippen LogP contribution in [0.15, 0.2) is 36.8 Å². The first-order chi connectivity index (χ1) is 8.85. The number of aromatic nitrogens is 2. The van der Waals surface area contributed by atoms with Crippen molar-refractivity contribution >= 4 is 0 Å². The van der Waals surface area contributed by atoms with Gasteiger partial charge in [0.05, 0.1) is 25.6 Å². The lowest BCUT2D eigenvalue weighted by molar-refractivity contribution is 0.248. The van der Waals surface area contributed by atoms with E-state index in [1.807, 2.05) is 0 Å². The minimum Gasteiger partial charge on any atom is -0.493 e. The third-order valence-electron chi connectivity index (χ3n) is 2.43. The van der Waals surface area contributed by atoms with E-state index >= 15 is 0 Å². The largest absolute Gasteiger partial charge is 0.493 e.